The number of rotatable bonds is 5. The van der Waals surface area contributed by atoms with Crippen molar-refractivity contribution < 1.29 is 27.4 Å². The summed E-state index contributed by atoms with van der Waals surface area (Å²) in [7, 11) is 0. The van der Waals surface area contributed by atoms with Crippen molar-refractivity contribution in [2.75, 3.05) is 6.61 Å². The summed E-state index contributed by atoms with van der Waals surface area (Å²) in [5.74, 6) is 0.0975. The molecule has 0 spiro atoms. The lowest BCUT2D eigenvalue weighted by molar-refractivity contribution is -0.0878. The van der Waals surface area contributed by atoms with Gasteiger partial charge in [0.15, 0.2) is 5.78 Å². The Morgan fingerprint density at radius 3 is 2.46 bits per heavy atom. The van der Waals surface area contributed by atoms with E-state index in [1.54, 1.807) is 18.2 Å². The molecular weight excluding hydrogens is 369 g/mol. The van der Waals surface area contributed by atoms with Gasteiger partial charge < -0.3 is 9.47 Å². The molecule has 0 radical (unpaired) electrons. The lowest BCUT2D eigenvalue weighted by Crippen LogP contribution is -2.24. The molecule has 1 aliphatic heterocycles. The molecule has 1 heterocycles. The number of ether oxygens (including phenoxy) is 2. The van der Waals surface area contributed by atoms with Crippen LogP contribution in [0.4, 0.5) is 13.2 Å². The van der Waals surface area contributed by atoms with Crippen LogP contribution in [0.1, 0.15) is 42.3 Å². The largest absolute Gasteiger partial charge is 0.494 e. The molecule has 0 atom stereocenters. The van der Waals surface area contributed by atoms with E-state index in [1.807, 2.05) is 20.8 Å². The molecule has 0 bridgehead atoms. The number of carbonyl (C=O) groups is 1. The van der Waals surface area contributed by atoms with Gasteiger partial charge in [-0.25, -0.2) is 0 Å². The number of benzene rings is 2. The van der Waals surface area contributed by atoms with Crippen LogP contribution in [0.15, 0.2) is 48.0 Å². The zero-order valence-electron chi connectivity index (χ0n) is 15.9. The molecule has 1 aliphatic rings. The fourth-order valence-electron chi connectivity index (χ4n) is 3.18. The third-order valence-electron chi connectivity index (χ3n) is 4.38. The van der Waals surface area contributed by atoms with E-state index >= 15 is 0 Å². The maximum Gasteiger partial charge on any atom is 0.420 e. The van der Waals surface area contributed by atoms with Crippen LogP contribution >= 0.6 is 0 Å². The van der Waals surface area contributed by atoms with Crippen molar-refractivity contribution >= 4 is 11.9 Å². The second kappa shape index (κ2) is 7.34. The van der Waals surface area contributed by atoms with Crippen molar-refractivity contribution in [2.45, 2.75) is 39.0 Å². The van der Waals surface area contributed by atoms with Crippen molar-refractivity contribution in [3.05, 3.63) is 64.7 Å². The molecule has 0 fully saturated rings. The minimum atomic E-state index is -4.77. The van der Waals surface area contributed by atoms with Gasteiger partial charge in [-0.1, -0.05) is 12.1 Å². The van der Waals surface area contributed by atoms with Crippen molar-refractivity contribution in [2.24, 2.45) is 0 Å². The van der Waals surface area contributed by atoms with Crippen molar-refractivity contribution in [3.8, 4) is 11.5 Å². The van der Waals surface area contributed by atoms with Gasteiger partial charge in [0.1, 0.15) is 22.7 Å². The van der Waals surface area contributed by atoms with Gasteiger partial charge >= 0.3 is 6.18 Å². The molecule has 0 unspecified atom stereocenters. The number of halogens is 3. The monoisotopic (exact) mass is 390 g/mol. The SMILES string of the molecule is CCOc1ccc(/C=C(\C(=O)c2ccc3c(c2)CC(C)(C)O3)C(F)(F)F)cc1. The van der Waals surface area contributed by atoms with Crippen LogP contribution < -0.4 is 9.47 Å². The van der Waals surface area contributed by atoms with E-state index in [2.05, 4.69) is 0 Å². The summed E-state index contributed by atoms with van der Waals surface area (Å²) in [6, 6.07) is 10.5. The van der Waals surface area contributed by atoms with E-state index in [1.165, 1.54) is 24.3 Å². The van der Waals surface area contributed by atoms with Gasteiger partial charge in [0.05, 0.1) is 6.61 Å². The Hall–Kier alpha value is -2.76. The summed E-state index contributed by atoms with van der Waals surface area (Å²) < 4.78 is 51.8. The Labute approximate surface area is 161 Å². The Morgan fingerprint density at radius 2 is 1.86 bits per heavy atom. The van der Waals surface area contributed by atoms with E-state index in [0.717, 1.165) is 11.6 Å². The zero-order valence-corrected chi connectivity index (χ0v) is 15.9. The number of Topliss-reactive ketones (excluding diaryl/α,β-unsaturated/α-hetero) is 1. The highest BCUT2D eigenvalue weighted by Crippen LogP contribution is 2.37. The van der Waals surface area contributed by atoms with Crippen LogP contribution in [0.3, 0.4) is 0 Å². The minimum Gasteiger partial charge on any atom is -0.494 e. The first-order chi connectivity index (χ1) is 13.1. The van der Waals surface area contributed by atoms with Gasteiger partial charge in [-0.2, -0.15) is 13.2 Å². The van der Waals surface area contributed by atoms with E-state index in [4.69, 9.17) is 9.47 Å². The number of ketones is 1. The van der Waals surface area contributed by atoms with Crippen LogP contribution in [0.2, 0.25) is 0 Å². The van der Waals surface area contributed by atoms with Gasteiger partial charge in [0.2, 0.25) is 0 Å². The van der Waals surface area contributed by atoms with Gasteiger partial charge in [-0.3, -0.25) is 4.79 Å². The number of fused-ring (bicyclic) bond motifs is 1. The molecule has 3 rings (SSSR count). The standard InChI is InChI=1S/C22H21F3O3/c1-4-27-17-8-5-14(6-9-17)11-18(22(23,24)25)20(26)15-7-10-19-16(12-15)13-21(2,3)28-19/h5-12H,4,13H2,1-3H3/b18-11+. The smallest absolute Gasteiger partial charge is 0.420 e. The predicted octanol–water partition coefficient (Wildman–Crippen LogP) is 5.63. The molecule has 0 N–H and O–H groups in total. The Bertz CT molecular complexity index is 910. The third-order valence-corrected chi connectivity index (χ3v) is 4.38. The summed E-state index contributed by atoms with van der Waals surface area (Å²) in [5.41, 5.74) is -0.646. The molecule has 6 heteroatoms. The maximum absolute atomic E-state index is 13.6. The highest BCUT2D eigenvalue weighted by atomic mass is 19.4. The number of hydrogen-bond donors (Lipinski definition) is 0. The van der Waals surface area contributed by atoms with Gasteiger partial charge in [0, 0.05) is 12.0 Å². The van der Waals surface area contributed by atoms with Crippen LogP contribution in [0.25, 0.3) is 6.08 Å². The summed E-state index contributed by atoms with van der Waals surface area (Å²) >= 11 is 0. The van der Waals surface area contributed by atoms with Crippen LogP contribution in [-0.4, -0.2) is 24.2 Å². The van der Waals surface area contributed by atoms with Gasteiger partial charge in [0.25, 0.3) is 0 Å². The van der Waals surface area contributed by atoms with E-state index in [-0.39, 0.29) is 11.1 Å². The average molecular weight is 390 g/mol. The molecule has 148 valence electrons. The molecule has 2 aromatic carbocycles. The summed E-state index contributed by atoms with van der Waals surface area (Å²) in [4.78, 5) is 12.7. The normalized spacial score (nSPS) is 15.7. The van der Waals surface area contributed by atoms with Crippen LogP contribution in [0, 0.1) is 0 Å². The van der Waals surface area contributed by atoms with E-state index in [9.17, 15) is 18.0 Å². The Balaban J connectivity index is 1.94. The first kappa shape index (κ1) is 20.0. The summed E-state index contributed by atoms with van der Waals surface area (Å²) in [5, 5.41) is 0. The number of alkyl halides is 3. The molecule has 2 aromatic rings. The van der Waals surface area contributed by atoms with Crippen molar-refractivity contribution in [1.82, 2.24) is 0 Å². The molecular formula is C22H21F3O3. The molecule has 0 saturated carbocycles. The minimum absolute atomic E-state index is 0.00504. The van der Waals surface area contributed by atoms with Crippen LogP contribution in [-0.2, 0) is 6.42 Å². The fourth-order valence-corrected chi connectivity index (χ4v) is 3.18. The van der Waals surface area contributed by atoms with E-state index < -0.39 is 23.1 Å². The molecule has 0 aliphatic carbocycles. The third kappa shape index (κ3) is 4.38. The first-order valence-electron chi connectivity index (χ1n) is 8.97. The first-order valence-corrected chi connectivity index (χ1v) is 8.97. The average Bonchev–Trinajstić information content (AvgIpc) is 2.92. The van der Waals surface area contributed by atoms with Crippen molar-refractivity contribution in [1.29, 1.82) is 0 Å². The zero-order chi connectivity index (χ0) is 20.5. The topological polar surface area (TPSA) is 35.5 Å². The number of allylic oxidation sites excluding steroid dienone is 1. The predicted molar refractivity (Wildman–Crippen MR) is 101 cm³/mol. The summed E-state index contributed by atoms with van der Waals surface area (Å²) in [6.45, 7) is 6.06. The second-order valence-electron chi connectivity index (χ2n) is 7.25. The highest BCUT2D eigenvalue weighted by molar-refractivity contribution is 6.12. The Kier molecular flexibility index (Phi) is 5.24. The second-order valence-corrected chi connectivity index (χ2v) is 7.25. The van der Waals surface area contributed by atoms with Gasteiger partial charge in [-0.15, -0.1) is 0 Å². The van der Waals surface area contributed by atoms with Gasteiger partial charge in [-0.05, 0) is 68.3 Å². The van der Waals surface area contributed by atoms with Crippen LogP contribution in [0.5, 0.6) is 11.5 Å². The van der Waals surface area contributed by atoms with Crippen molar-refractivity contribution in [3.63, 3.8) is 0 Å². The maximum atomic E-state index is 13.6. The molecule has 0 saturated heterocycles. The highest BCUT2D eigenvalue weighted by Gasteiger charge is 2.39. The van der Waals surface area contributed by atoms with E-state index in [0.29, 0.717) is 24.5 Å². The molecule has 0 amide bonds. The fraction of sp³-hybridized carbons (Fsp3) is 0.318. The Morgan fingerprint density at radius 1 is 1.18 bits per heavy atom. The summed E-state index contributed by atoms with van der Waals surface area (Å²) in [6.07, 6.45) is -3.37. The number of carbonyl (C=O) groups excluding carboxylic acids is 1. The molecule has 0 aromatic heterocycles. The molecule has 3 nitrogen and oxygen atoms in total. The molecule has 28 heavy (non-hydrogen) atoms. The lowest BCUT2D eigenvalue weighted by atomic mass is 9.96. The lowest BCUT2D eigenvalue weighted by Gasteiger charge is -2.16. The quantitative estimate of drug-likeness (QED) is 0.490. The number of hydrogen-bond acceptors (Lipinski definition) is 3.